The van der Waals surface area contributed by atoms with Gasteiger partial charge in [-0.3, -0.25) is 0 Å². The summed E-state index contributed by atoms with van der Waals surface area (Å²) in [5.74, 6) is 3.63. The van der Waals surface area contributed by atoms with E-state index in [0.717, 1.165) is 42.5 Å². The third kappa shape index (κ3) is 8.59. The van der Waals surface area contributed by atoms with E-state index in [-0.39, 0.29) is 0 Å². The summed E-state index contributed by atoms with van der Waals surface area (Å²) in [5, 5.41) is 7.08. The summed E-state index contributed by atoms with van der Waals surface area (Å²) in [7, 11) is 0. The lowest BCUT2D eigenvalue weighted by Crippen LogP contribution is -2.30. The van der Waals surface area contributed by atoms with Gasteiger partial charge < -0.3 is 15.4 Å². The van der Waals surface area contributed by atoms with Gasteiger partial charge in [-0.05, 0) is 54.4 Å². The molecule has 0 aliphatic rings. The van der Waals surface area contributed by atoms with Crippen molar-refractivity contribution in [3.05, 3.63) is 60.2 Å². The molecule has 0 atom stereocenters. The number of ether oxygens (including phenoxy) is 1. The van der Waals surface area contributed by atoms with Gasteiger partial charge in [-0.2, -0.15) is 11.8 Å². The summed E-state index contributed by atoms with van der Waals surface area (Å²) in [4.78, 5) is 0. The second-order valence-electron chi connectivity index (χ2n) is 6.47. The molecule has 0 unspecified atom stereocenters. The summed E-state index contributed by atoms with van der Waals surface area (Å²) < 4.78 is 5.75. The van der Waals surface area contributed by atoms with E-state index in [4.69, 9.17) is 17.0 Å². The van der Waals surface area contributed by atoms with Crippen LogP contribution in [0.3, 0.4) is 0 Å². The van der Waals surface area contributed by atoms with Gasteiger partial charge in [0, 0.05) is 23.7 Å². The van der Waals surface area contributed by atoms with E-state index >= 15 is 0 Å². The van der Waals surface area contributed by atoms with Crippen LogP contribution in [0.2, 0.25) is 0 Å². The molecule has 0 radical (unpaired) electrons. The first-order chi connectivity index (χ1) is 12.6. The maximum atomic E-state index is 5.75. The Balaban J connectivity index is 1.57. The van der Waals surface area contributed by atoms with Gasteiger partial charge in [0.15, 0.2) is 5.11 Å². The molecule has 3 nitrogen and oxygen atoms in total. The van der Waals surface area contributed by atoms with E-state index in [9.17, 15) is 0 Å². The van der Waals surface area contributed by atoms with Crippen molar-refractivity contribution in [3.63, 3.8) is 0 Å². The van der Waals surface area contributed by atoms with Crippen molar-refractivity contribution in [2.75, 3.05) is 24.2 Å². The van der Waals surface area contributed by atoms with Crippen LogP contribution in [0.25, 0.3) is 0 Å². The van der Waals surface area contributed by atoms with Crippen molar-refractivity contribution in [2.24, 2.45) is 5.92 Å². The maximum Gasteiger partial charge on any atom is 0.170 e. The summed E-state index contributed by atoms with van der Waals surface area (Å²) in [6.45, 7) is 6.06. The van der Waals surface area contributed by atoms with Gasteiger partial charge in [0.25, 0.3) is 0 Å². The first-order valence-electron chi connectivity index (χ1n) is 9.03. The number of thioether (sulfide) groups is 1. The number of anilines is 1. The molecule has 140 valence electrons. The summed E-state index contributed by atoms with van der Waals surface area (Å²) in [6, 6.07) is 18.4. The number of hydrogen-bond donors (Lipinski definition) is 2. The fourth-order valence-corrected chi connectivity index (χ4v) is 3.26. The smallest absolute Gasteiger partial charge is 0.170 e. The monoisotopic (exact) mass is 388 g/mol. The van der Waals surface area contributed by atoms with Gasteiger partial charge in [-0.15, -0.1) is 0 Å². The molecule has 0 aromatic heterocycles. The molecule has 0 fully saturated rings. The highest BCUT2D eigenvalue weighted by molar-refractivity contribution is 7.98. The first-order valence-corrected chi connectivity index (χ1v) is 10.6. The number of thiocarbonyl (C=S) groups is 1. The normalized spacial score (nSPS) is 10.6. The molecule has 2 rings (SSSR count). The highest BCUT2D eigenvalue weighted by Gasteiger charge is 2.00. The highest BCUT2D eigenvalue weighted by Crippen LogP contribution is 2.17. The van der Waals surface area contributed by atoms with Gasteiger partial charge >= 0.3 is 0 Å². The molecule has 0 saturated carbocycles. The Morgan fingerprint density at radius 1 is 1.08 bits per heavy atom. The van der Waals surface area contributed by atoms with Crippen molar-refractivity contribution in [3.8, 4) is 5.75 Å². The fraction of sp³-hybridized carbons (Fsp3) is 0.381. The number of benzene rings is 2. The minimum absolute atomic E-state index is 0.666. The van der Waals surface area contributed by atoms with Crippen LogP contribution < -0.4 is 15.4 Å². The third-order valence-electron chi connectivity index (χ3n) is 3.72. The average molecular weight is 389 g/mol. The second-order valence-corrected chi connectivity index (χ2v) is 7.99. The Hall–Kier alpha value is -1.72. The average Bonchev–Trinajstić information content (AvgIpc) is 2.63. The highest BCUT2D eigenvalue weighted by atomic mass is 32.2. The van der Waals surface area contributed by atoms with E-state index in [1.54, 1.807) is 0 Å². The molecule has 0 saturated heterocycles. The lowest BCUT2D eigenvalue weighted by molar-refractivity contribution is 0.289. The molecule has 5 heteroatoms. The van der Waals surface area contributed by atoms with Crippen molar-refractivity contribution < 1.29 is 4.74 Å². The van der Waals surface area contributed by atoms with Crippen LogP contribution in [0.4, 0.5) is 5.69 Å². The van der Waals surface area contributed by atoms with Gasteiger partial charge in [-0.1, -0.05) is 44.2 Å². The van der Waals surface area contributed by atoms with E-state index in [1.165, 1.54) is 5.56 Å². The maximum absolute atomic E-state index is 5.75. The Morgan fingerprint density at radius 2 is 1.81 bits per heavy atom. The zero-order valence-electron chi connectivity index (χ0n) is 15.5. The Labute approximate surface area is 166 Å². The second kappa shape index (κ2) is 11.8. The SMILES string of the molecule is CC(C)CCOc1ccc(CSCCNC(=S)Nc2ccccc2)cc1. The van der Waals surface area contributed by atoms with E-state index in [2.05, 4.69) is 48.7 Å². The van der Waals surface area contributed by atoms with Crippen LogP contribution in [0, 0.1) is 5.92 Å². The molecular formula is C21H28N2OS2. The quantitative estimate of drug-likeness (QED) is 0.424. The minimum atomic E-state index is 0.666. The molecule has 26 heavy (non-hydrogen) atoms. The van der Waals surface area contributed by atoms with Gasteiger partial charge in [0.1, 0.15) is 5.75 Å². The lowest BCUT2D eigenvalue weighted by atomic mass is 10.1. The van der Waals surface area contributed by atoms with Crippen LogP contribution in [0.5, 0.6) is 5.75 Å². The van der Waals surface area contributed by atoms with Crippen LogP contribution in [0.1, 0.15) is 25.8 Å². The van der Waals surface area contributed by atoms with Crippen LogP contribution >= 0.6 is 24.0 Å². The van der Waals surface area contributed by atoms with Crippen molar-refractivity contribution in [2.45, 2.75) is 26.0 Å². The molecule has 2 N–H and O–H groups in total. The zero-order chi connectivity index (χ0) is 18.6. The third-order valence-corrected chi connectivity index (χ3v) is 5.00. The van der Waals surface area contributed by atoms with E-state index in [0.29, 0.717) is 11.0 Å². The molecule has 0 heterocycles. The van der Waals surface area contributed by atoms with E-state index < -0.39 is 0 Å². The molecule has 0 aliphatic carbocycles. The zero-order valence-corrected chi connectivity index (χ0v) is 17.2. The Bertz CT molecular complexity index is 645. The van der Waals surface area contributed by atoms with Crippen LogP contribution in [-0.2, 0) is 5.75 Å². The van der Waals surface area contributed by atoms with Crippen molar-refractivity contribution >= 4 is 34.8 Å². The molecular weight excluding hydrogens is 360 g/mol. The van der Waals surface area contributed by atoms with Crippen LogP contribution in [-0.4, -0.2) is 24.0 Å². The summed E-state index contributed by atoms with van der Waals surface area (Å²) in [5.41, 5.74) is 2.32. The van der Waals surface area contributed by atoms with Crippen molar-refractivity contribution in [1.82, 2.24) is 5.32 Å². The fourth-order valence-electron chi connectivity index (χ4n) is 2.22. The largest absolute Gasteiger partial charge is 0.494 e. The summed E-state index contributed by atoms with van der Waals surface area (Å²) >= 11 is 7.19. The number of para-hydroxylation sites is 1. The first kappa shape index (κ1) is 20.6. The van der Waals surface area contributed by atoms with Crippen molar-refractivity contribution in [1.29, 1.82) is 0 Å². The molecule has 2 aromatic rings. The Kier molecular flexibility index (Phi) is 9.35. The summed E-state index contributed by atoms with van der Waals surface area (Å²) in [6.07, 6.45) is 1.09. The predicted octanol–water partition coefficient (Wildman–Crippen LogP) is 5.33. The molecule has 0 bridgehead atoms. The topological polar surface area (TPSA) is 33.3 Å². The number of rotatable bonds is 10. The molecule has 0 amide bonds. The number of nitrogens with one attached hydrogen (secondary N) is 2. The minimum Gasteiger partial charge on any atom is -0.494 e. The van der Waals surface area contributed by atoms with Gasteiger partial charge in [-0.25, -0.2) is 0 Å². The van der Waals surface area contributed by atoms with Crippen LogP contribution in [0.15, 0.2) is 54.6 Å². The predicted molar refractivity (Wildman–Crippen MR) is 118 cm³/mol. The standard InChI is InChI=1S/C21H28N2OS2/c1-17(2)12-14-24-20-10-8-18(9-11-20)16-26-15-13-22-21(25)23-19-6-4-3-5-7-19/h3-11,17H,12-16H2,1-2H3,(H2,22,23,25). The van der Waals surface area contributed by atoms with Gasteiger partial charge in [0.2, 0.25) is 0 Å². The molecule has 0 aliphatic heterocycles. The number of hydrogen-bond acceptors (Lipinski definition) is 3. The van der Waals surface area contributed by atoms with Gasteiger partial charge in [0.05, 0.1) is 6.61 Å². The molecule has 2 aromatic carbocycles. The Morgan fingerprint density at radius 3 is 2.50 bits per heavy atom. The van der Waals surface area contributed by atoms with E-state index in [1.807, 2.05) is 42.1 Å². The lowest BCUT2D eigenvalue weighted by Gasteiger charge is -2.10. The molecule has 0 spiro atoms.